The number of alkyl halides is 3. The lowest BCUT2D eigenvalue weighted by Crippen LogP contribution is -2.21. The van der Waals surface area contributed by atoms with Crippen molar-refractivity contribution in [3.8, 4) is 11.4 Å². The number of nitrogens with two attached hydrogens (primary N) is 1. The number of pyridine rings is 1. The highest BCUT2D eigenvalue weighted by Gasteiger charge is 2.38. The van der Waals surface area contributed by atoms with Crippen LogP contribution in [0.2, 0.25) is 5.02 Å². The Morgan fingerprint density at radius 3 is 2.50 bits per heavy atom. The quantitative estimate of drug-likeness (QED) is 0.183. The number of benzene rings is 3. The van der Waals surface area contributed by atoms with Crippen LogP contribution >= 0.6 is 11.6 Å². The summed E-state index contributed by atoms with van der Waals surface area (Å²) >= 11 is 6.40. The first-order valence-electron chi connectivity index (χ1n) is 12.5. The third-order valence-electron chi connectivity index (χ3n) is 6.30. The van der Waals surface area contributed by atoms with Crippen LogP contribution in [-0.4, -0.2) is 37.0 Å². The first-order valence-corrected chi connectivity index (χ1v) is 12.9. The van der Waals surface area contributed by atoms with Gasteiger partial charge in [0.15, 0.2) is 11.6 Å². The summed E-state index contributed by atoms with van der Waals surface area (Å²) in [5, 5.41) is 17.5. The van der Waals surface area contributed by atoms with Crippen molar-refractivity contribution in [1.82, 2.24) is 19.7 Å². The van der Waals surface area contributed by atoms with E-state index in [-0.39, 0.29) is 5.82 Å². The van der Waals surface area contributed by atoms with Crippen molar-refractivity contribution in [1.29, 1.82) is 0 Å². The summed E-state index contributed by atoms with van der Waals surface area (Å²) in [5.41, 5.74) is 9.03. The minimum Gasteiger partial charge on any atom is -0.475 e. The molecule has 5 rings (SSSR count). The normalized spacial score (nSPS) is 12.0. The minimum atomic E-state index is -5.08. The van der Waals surface area contributed by atoms with Gasteiger partial charge in [0.25, 0.3) is 0 Å². The van der Waals surface area contributed by atoms with Gasteiger partial charge in [-0.1, -0.05) is 42.8 Å². The van der Waals surface area contributed by atoms with Crippen LogP contribution in [0.5, 0.6) is 0 Å². The second-order valence-corrected chi connectivity index (χ2v) is 9.53. The summed E-state index contributed by atoms with van der Waals surface area (Å²) in [4.78, 5) is 17.8. The summed E-state index contributed by atoms with van der Waals surface area (Å²) < 4.78 is 48.6. The van der Waals surface area contributed by atoms with E-state index in [1.54, 1.807) is 30.1 Å². The standard InChI is InChI=1S/C27H24ClFN6.C2HF3O2/c1-3-16-8-11-23(29)21(14-16)24(32-18-9-10-19-17(15-18)12-13-31-25(19)30)27-33-26(34-35(27)2)20-6-4-5-7-22(20)28;3-2(4,5)1(6)7/h4-15,24,32H,3H2,1-2H3,(H2,30,31);(H,6,7). The Labute approximate surface area is 242 Å². The second-order valence-electron chi connectivity index (χ2n) is 9.12. The smallest absolute Gasteiger partial charge is 0.475 e. The molecule has 0 aliphatic heterocycles. The Morgan fingerprint density at radius 2 is 1.83 bits per heavy atom. The molecular weight excluding hydrogens is 576 g/mol. The van der Waals surface area contributed by atoms with E-state index in [9.17, 15) is 13.2 Å². The molecule has 3 aromatic carbocycles. The molecule has 0 bridgehead atoms. The minimum absolute atomic E-state index is 0.323. The molecule has 8 nitrogen and oxygen atoms in total. The highest BCUT2D eigenvalue weighted by molar-refractivity contribution is 6.33. The number of aryl methyl sites for hydroxylation is 2. The van der Waals surface area contributed by atoms with E-state index in [0.29, 0.717) is 33.6 Å². The number of anilines is 2. The zero-order chi connectivity index (χ0) is 30.6. The van der Waals surface area contributed by atoms with Crippen molar-refractivity contribution in [2.24, 2.45) is 7.05 Å². The van der Waals surface area contributed by atoms with Crippen LogP contribution in [0.25, 0.3) is 22.2 Å². The molecule has 0 aliphatic rings. The number of nitrogens with zero attached hydrogens (tertiary/aromatic N) is 4. The summed E-state index contributed by atoms with van der Waals surface area (Å²) in [7, 11) is 1.80. The van der Waals surface area contributed by atoms with Gasteiger partial charge in [-0.25, -0.2) is 19.2 Å². The highest BCUT2D eigenvalue weighted by atomic mass is 35.5. The summed E-state index contributed by atoms with van der Waals surface area (Å²) in [5.74, 6) is -1.58. The van der Waals surface area contributed by atoms with E-state index in [4.69, 9.17) is 32.2 Å². The molecule has 5 aromatic rings. The first-order chi connectivity index (χ1) is 19.9. The van der Waals surface area contributed by atoms with Crippen LogP contribution < -0.4 is 11.1 Å². The van der Waals surface area contributed by atoms with Crippen LogP contribution in [0.1, 0.15) is 29.9 Å². The zero-order valence-electron chi connectivity index (χ0n) is 22.3. The second kappa shape index (κ2) is 12.4. The number of hydrogen-bond acceptors (Lipinski definition) is 6. The fourth-order valence-corrected chi connectivity index (χ4v) is 4.40. The van der Waals surface area contributed by atoms with E-state index in [2.05, 4.69) is 15.4 Å². The van der Waals surface area contributed by atoms with Crippen molar-refractivity contribution in [2.45, 2.75) is 25.6 Å². The Bertz CT molecular complexity index is 1740. The largest absolute Gasteiger partial charge is 0.490 e. The number of carbonyl (C=O) groups is 1. The van der Waals surface area contributed by atoms with Gasteiger partial charge in [0.05, 0.1) is 5.02 Å². The van der Waals surface area contributed by atoms with E-state index in [1.807, 2.05) is 55.5 Å². The van der Waals surface area contributed by atoms with Gasteiger partial charge >= 0.3 is 12.1 Å². The lowest BCUT2D eigenvalue weighted by atomic mass is 10.0. The molecule has 0 aliphatic carbocycles. The SMILES string of the molecule is CCc1ccc(F)c(C(Nc2ccc3c(N)nccc3c2)c2nc(-c3ccccc3Cl)nn2C)c1.O=C(O)C(F)(F)F. The van der Waals surface area contributed by atoms with E-state index in [1.165, 1.54) is 6.07 Å². The summed E-state index contributed by atoms with van der Waals surface area (Å²) in [6, 6.07) is 19.6. The number of nitrogens with one attached hydrogen (secondary N) is 1. The molecule has 0 saturated heterocycles. The molecular formula is C29H25ClF4N6O2. The number of fused-ring (bicyclic) bond motifs is 1. The number of carboxylic acids is 1. The Kier molecular flexibility index (Phi) is 8.96. The molecule has 218 valence electrons. The predicted octanol–water partition coefficient (Wildman–Crippen LogP) is 6.80. The van der Waals surface area contributed by atoms with Crippen LogP contribution in [0.15, 0.2) is 72.9 Å². The average Bonchev–Trinajstić information content (AvgIpc) is 3.33. The first kappa shape index (κ1) is 30.3. The lowest BCUT2D eigenvalue weighted by molar-refractivity contribution is -0.192. The molecule has 13 heteroatoms. The monoisotopic (exact) mass is 600 g/mol. The fraction of sp³-hybridized carbons (Fsp3) is 0.172. The van der Waals surface area contributed by atoms with Gasteiger partial charge < -0.3 is 16.2 Å². The third kappa shape index (κ3) is 6.77. The highest BCUT2D eigenvalue weighted by Crippen LogP contribution is 2.33. The Balaban J connectivity index is 0.000000517. The van der Waals surface area contributed by atoms with Crippen molar-refractivity contribution in [3.63, 3.8) is 0 Å². The molecule has 0 spiro atoms. The van der Waals surface area contributed by atoms with Gasteiger partial charge in [0, 0.05) is 35.4 Å². The molecule has 1 unspecified atom stereocenters. The van der Waals surface area contributed by atoms with E-state index < -0.39 is 18.2 Å². The maximum Gasteiger partial charge on any atom is 0.490 e. The van der Waals surface area contributed by atoms with Gasteiger partial charge in [-0.2, -0.15) is 18.3 Å². The van der Waals surface area contributed by atoms with Crippen LogP contribution in [-0.2, 0) is 18.3 Å². The molecule has 1 atom stereocenters. The number of nitrogen functional groups attached to an aromatic ring is 1. The van der Waals surface area contributed by atoms with Gasteiger partial charge in [-0.05, 0) is 59.8 Å². The topological polar surface area (TPSA) is 119 Å². The maximum absolute atomic E-state index is 15.2. The third-order valence-corrected chi connectivity index (χ3v) is 6.63. The number of aliphatic carboxylic acids is 1. The van der Waals surface area contributed by atoms with Gasteiger partial charge in [0.2, 0.25) is 0 Å². The molecule has 42 heavy (non-hydrogen) atoms. The van der Waals surface area contributed by atoms with Crippen molar-refractivity contribution >= 4 is 39.8 Å². The van der Waals surface area contributed by atoms with Crippen LogP contribution in [0, 0.1) is 5.82 Å². The number of rotatable bonds is 6. The summed E-state index contributed by atoms with van der Waals surface area (Å²) in [6.07, 6.45) is -2.63. The van der Waals surface area contributed by atoms with Crippen LogP contribution in [0.4, 0.5) is 29.1 Å². The van der Waals surface area contributed by atoms with E-state index in [0.717, 1.165) is 28.4 Å². The lowest BCUT2D eigenvalue weighted by Gasteiger charge is -2.21. The molecule has 4 N–H and O–H groups in total. The molecule has 0 amide bonds. The average molecular weight is 601 g/mol. The van der Waals surface area contributed by atoms with E-state index >= 15 is 4.39 Å². The van der Waals surface area contributed by atoms with Crippen molar-refractivity contribution in [2.75, 3.05) is 11.1 Å². The fourth-order valence-electron chi connectivity index (χ4n) is 4.18. The van der Waals surface area contributed by atoms with Crippen molar-refractivity contribution < 1.29 is 27.5 Å². The van der Waals surface area contributed by atoms with Crippen molar-refractivity contribution in [3.05, 3.63) is 101 Å². The molecule has 2 heterocycles. The van der Waals surface area contributed by atoms with Gasteiger partial charge in [-0.3, -0.25) is 4.68 Å². The number of carboxylic acid groups (broad SMARTS) is 1. The van der Waals surface area contributed by atoms with Crippen LogP contribution in [0.3, 0.4) is 0 Å². The maximum atomic E-state index is 15.2. The Morgan fingerprint density at radius 1 is 1.12 bits per heavy atom. The van der Waals surface area contributed by atoms with Gasteiger partial charge in [0.1, 0.15) is 17.7 Å². The Hall–Kier alpha value is -4.71. The van der Waals surface area contributed by atoms with Gasteiger partial charge in [-0.15, -0.1) is 0 Å². The number of aromatic nitrogens is 4. The zero-order valence-corrected chi connectivity index (χ0v) is 23.1. The molecule has 0 saturated carbocycles. The summed E-state index contributed by atoms with van der Waals surface area (Å²) in [6.45, 7) is 2.04. The predicted molar refractivity (Wildman–Crippen MR) is 153 cm³/mol. The molecule has 2 aromatic heterocycles. The number of hydrogen-bond donors (Lipinski definition) is 3. The molecule has 0 fully saturated rings. The number of halogens is 5. The molecule has 0 radical (unpaired) electrons.